The minimum absolute atomic E-state index is 0.151. The smallest absolute Gasteiger partial charge is 0.338 e. The van der Waals surface area contributed by atoms with Crippen molar-refractivity contribution >= 4 is 17.3 Å². The van der Waals surface area contributed by atoms with E-state index in [2.05, 4.69) is 0 Å². The summed E-state index contributed by atoms with van der Waals surface area (Å²) in [5, 5.41) is 21.6. The van der Waals surface area contributed by atoms with Crippen LogP contribution < -0.4 is 0 Å². The van der Waals surface area contributed by atoms with Gasteiger partial charge in [0.1, 0.15) is 6.10 Å². The van der Waals surface area contributed by atoms with Crippen LogP contribution in [-0.4, -0.2) is 21.9 Å². The number of rotatable bonds is 4. The molecule has 3 rings (SSSR count). The number of ether oxygens (including phenoxy) is 1. The number of nitrogens with zero attached hydrogens (tertiary/aromatic N) is 2. The number of nitro benzene ring substituents is 2. The van der Waals surface area contributed by atoms with Crippen molar-refractivity contribution in [3.8, 4) is 0 Å². The molecule has 0 radical (unpaired) electrons. The van der Waals surface area contributed by atoms with Gasteiger partial charge >= 0.3 is 5.97 Å². The van der Waals surface area contributed by atoms with Crippen LogP contribution in [0.15, 0.2) is 18.2 Å². The molecular weight excluding hydrogens is 292 g/mol. The quantitative estimate of drug-likeness (QED) is 0.480. The zero-order chi connectivity index (χ0) is 15.9. The number of esters is 1. The molecule has 0 bridgehead atoms. The lowest BCUT2D eigenvalue weighted by Gasteiger charge is -2.39. The summed E-state index contributed by atoms with van der Waals surface area (Å²) in [6.07, 6.45) is 3.95. The highest BCUT2D eigenvalue weighted by Gasteiger charge is 2.46. The lowest BCUT2D eigenvalue weighted by Crippen LogP contribution is -2.41. The average Bonchev–Trinajstić information content (AvgIpc) is 2.85. The summed E-state index contributed by atoms with van der Waals surface area (Å²) in [4.78, 5) is 32.2. The average molecular weight is 306 g/mol. The summed E-state index contributed by atoms with van der Waals surface area (Å²) in [5.74, 6) is 0.247. The van der Waals surface area contributed by atoms with Crippen molar-refractivity contribution in [3.63, 3.8) is 0 Å². The first-order valence-electron chi connectivity index (χ1n) is 7.10. The van der Waals surface area contributed by atoms with Gasteiger partial charge in [-0.25, -0.2) is 4.79 Å². The van der Waals surface area contributed by atoms with Crippen LogP contribution in [0.5, 0.6) is 0 Å². The first-order valence-corrected chi connectivity index (χ1v) is 7.10. The number of hydrogen-bond donors (Lipinski definition) is 0. The number of hydrogen-bond acceptors (Lipinski definition) is 6. The van der Waals surface area contributed by atoms with E-state index in [1.807, 2.05) is 0 Å². The molecule has 0 saturated heterocycles. The van der Waals surface area contributed by atoms with E-state index < -0.39 is 27.2 Å². The van der Waals surface area contributed by atoms with Gasteiger partial charge in [0.25, 0.3) is 11.4 Å². The SMILES string of the molecule is O=C(O[C@H]1C[C@H]2CCC[C@@H]21)c1cc([N+](=O)[O-])cc([N+](=O)[O-])c1. The molecule has 2 fully saturated rings. The van der Waals surface area contributed by atoms with Crippen LogP contribution in [0.2, 0.25) is 0 Å². The summed E-state index contributed by atoms with van der Waals surface area (Å²) in [6, 6.07) is 2.85. The van der Waals surface area contributed by atoms with Crippen LogP contribution in [0, 0.1) is 32.1 Å². The third-order valence-electron chi connectivity index (χ3n) is 4.55. The van der Waals surface area contributed by atoms with Gasteiger partial charge < -0.3 is 4.74 Å². The van der Waals surface area contributed by atoms with Crippen LogP contribution >= 0.6 is 0 Å². The Labute approximate surface area is 125 Å². The maximum atomic E-state index is 12.1. The Morgan fingerprint density at radius 1 is 1.09 bits per heavy atom. The van der Waals surface area contributed by atoms with Crippen LogP contribution in [0.25, 0.3) is 0 Å². The Hall–Kier alpha value is -2.51. The van der Waals surface area contributed by atoms with Crippen molar-refractivity contribution in [2.45, 2.75) is 31.8 Å². The molecule has 0 unspecified atom stereocenters. The number of fused-ring (bicyclic) bond motifs is 1. The molecule has 2 aliphatic rings. The fourth-order valence-electron chi connectivity index (χ4n) is 3.39. The molecule has 0 aromatic heterocycles. The van der Waals surface area contributed by atoms with E-state index in [4.69, 9.17) is 4.74 Å². The van der Waals surface area contributed by atoms with Gasteiger partial charge in [0.05, 0.1) is 21.5 Å². The number of nitro groups is 2. The van der Waals surface area contributed by atoms with E-state index in [0.717, 1.165) is 43.9 Å². The van der Waals surface area contributed by atoms with Crippen molar-refractivity contribution in [1.29, 1.82) is 0 Å². The van der Waals surface area contributed by atoms with Gasteiger partial charge in [-0.2, -0.15) is 0 Å². The molecular formula is C14H14N2O6. The minimum atomic E-state index is -0.764. The Morgan fingerprint density at radius 2 is 1.73 bits per heavy atom. The molecule has 8 nitrogen and oxygen atoms in total. The lowest BCUT2D eigenvalue weighted by molar-refractivity contribution is -0.394. The summed E-state index contributed by atoms with van der Waals surface area (Å²) in [6.45, 7) is 0. The number of carbonyl (C=O) groups excluding carboxylic acids is 1. The molecule has 3 atom stereocenters. The van der Waals surface area contributed by atoms with Gasteiger partial charge in [-0.05, 0) is 31.1 Å². The van der Waals surface area contributed by atoms with Crippen molar-refractivity contribution in [2.75, 3.05) is 0 Å². The monoisotopic (exact) mass is 306 g/mol. The second-order valence-corrected chi connectivity index (χ2v) is 5.79. The normalized spacial score (nSPS) is 25.9. The topological polar surface area (TPSA) is 113 Å². The molecule has 0 N–H and O–H groups in total. The van der Waals surface area contributed by atoms with Crippen molar-refractivity contribution in [3.05, 3.63) is 44.0 Å². The van der Waals surface area contributed by atoms with Crippen LogP contribution in [-0.2, 0) is 4.74 Å². The van der Waals surface area contributed by atoms with E-state index in [9.17, 15) is 25.0 Å². The van der Waals surface area contributed by atoms with E-state index in [1.54, 1.807) is 0 Å². The van der Waals surface area contributed by atoms with E-state index in [-0.39, 0.29) is 11.7 Å². The van der Waals surface area contributed by atoms with Crippen LogP contribution in [0.3, 0.4) is 0 Å². The summed E-state index contributed by atoms with van der Waals surface area (Å²) in [7, 11) is 0. The molecule has 116 valence electrons. The van der Waals surface area contributed by atoms with E-state index >= 15 is 0 Å². The second kappa shape index (κ2) is 5.36. The first kappa shape index (κ1) is 14.4. The standard InChI is InChI=1S/C14H14N2O6/c17-14(22-13-6-8-2-1-3-12(8)13)9-4-10(15(18)19)7-11(5-9)16(20)21/h4-5,7-8,12-13H,1-3,6H2/t8-,12+,13+/m1/s1. The molecule has 22 heavy (non-hydrogen) atoms. The molecule has 1 aromatic carbocycles. The third kappa shape index (κ3) is 2.51. The molecule has 2 aliphatic carbocycles. The molecule has 0 spiro atoms. The summed E-state index contributed by atoms with van der Waals surface area (Å²) < 4.78 is 5.37. The zero-order valence-corrected chi connectivity index (χ0v) is 11.6. The Bertz CT molecular complexity index is 626. The van der Waals surface area contributed by atoms with E-state index in [1.165, 1.54) is 0 Å². The highest BCUT2D eigenvalue weighted by Crippen LogP contribution is 2.48. The Balaban J connectivity index is 1.79. The van der Waals surface area contributed by atoms with Crippen molar-refractivity contribution in [2.24, 2.45) is 11.8 Å². The van der Waals surface area contributed by atoms with Gasteiger partial charge in [0, 0.05) is 12.1 Å². The van der Waals surface area contributed by atoms with Gasteiger partial charge in [-0.15, -0.1) is 0 Å². The van der Waals surface area contributed by atoms with E-state index in [0.29, 0.717) is 11.8 Å². The van der Waals surface area contributed by atoms with Gasteiger partial charge in [0.2, 0.25) is 0 Å². The zero-order valence-electron chi connectivity index (χ0n) is 11.6. The number of benzene rings is 1. The molecule has 2 saturated carbocycles. The number of carbonyl (C=O) groups is 1. The van der Waals surface area contributed by atoms with Crippen molar-refractivity contribution in [1.82, 2.24) is 0 Å². The number of non-ortho nitro benzene ring substituents is 2. The predicted octanol–water partition coefficient (Wildman–Crippen LogP) is 2.85. The Kier molecular flexibility index (Phi) is 3.51. The fourth-order valence-corrected chi connectivity index (χ4v) is 3.39. The molecule has 0 heterocycles. The van der Waals surface area contributed by atoms with Crippen LogP contribution in [0.1, 0.15) is 36.0 Å². The molecule has 0 amide bonds. The maximum absolute atomic E-state index is 12.1. The first-order chi connectivity index (χ1) is 10.5. The van der Waals surface area contributed by atoms with Gasteiger partial charge in [0.15, 0.2) is 0 Å². The summed E-state index contributed by atoms with van der Waals surface area (Å²) >= 11 is 0. The van der Waals surface area contributed by atoms with Gasteiger partial charge in [-0.1, -0.05) is 6.42 Å². The molecule has 8 heteroatoms. The fraction of sp³-hybridized carbons (Fsp3) is 0.500. The summed E-state index contributed by atoms with van der Waals surface area (Å²) in [5.41, 5.74) is -1.13. The van der Waals surface area contributed by atoms with Crippen LogP contribution in [0.4, 0.5) is 11.4 Å². The highest BCUT2D eigenvalue weighted by molar-refractivity contribution is 5.91. The van der Waals surface area contributed by atoms with Crippen molar-refractivity contribution < 1.29 is 19.4 Å². The Morgan fingerprint density at radius 3 is 2.27 bits per heavy atom. The second-order valence-electron chi connectivity index (χ2n) is 5.79. The highest BCUT2D eigenvalue weighted by atomic mass is 16.6. The maximum Gasteiger partial charge on any atom is 0.338 e. The van der Waals surface area contributed by atoms with Gasteiger partial charge in [-0.3, -0.25) is 20.2 Å². The lowest BCUT2D eigenvalue weighted by atomic mass is 9.73. The largest absolute Gasteiger partial charge is 0.458 e. The molecule has 1 aromatic rings. The predicted molar refractivity (Wildman–Crippen MR) is 74.4 cm³/mol. The third-order valence-corrected chi connectivity index (χ3v) is 4.55. The minimum Gasteiger partial charge on any atom is -0.458 e. The molecule has 0 aliphatic heterocycles.